The second-order valence-corrected chi connectivity index (χ2v) is 7.97. The molecule has 1 saturated heterocycles. The number of hydrogen-bond donors (Lipinski definition) is 2. The molecule has 0 spiro atoms. The third kappa shape index (κ3) is 7.27. The number of hydrogen-bond acceptors (Lipinski definition) is 8. The summed E-state index contributed by atoms with van der Waals surface area (Å²) in [7, 11) is 1.85. The van der Waals surface area contributed by atoms with E-state index in [1.807, 2.05) is 43.6 Å². The van der Waals surface area contributed by atoms with E-state index >= 15 is 0 Å². The lowest BCUT2D eigenvalue weighted by Crippen LogP contribution is -2.36. The Kier molecular flexibility index (Phi) is 9.59. The summed E-state index contributed by atoms with van der Waals surface area (Å²) in [6.07, 6.45) is 5.71. The van der Waals surface area contributed by atoms with Crippen LogP contribution in [0.4, 0.5) is 5.82 Å². The van der Waals surface area contributed by atoms with Gasteiger partial charge in [0.25, 0.3) is 6.47 Å². The van der Waals surface area contributed by atoms with Crippen molar-refractivity contribution < 1.29 is 19.4 Å². The number of morpholine rings is 1. The lowest BCUT2D eigenvalue weighted by Gasteiger charge is -2.26. The number of pyridine rings is 1. The van der Waals surface area contributed by atoms with E-state index in [0.717, 1.165) is 68.1 Å². The number of unbranched alkanes of at least 4 members (excludes halogenated alkanes) is 1. The minimum absolute atomic E-state index is 0.212. The van der Waals surface area contributed by atoms with Gasteiger partial charge in [-0.3, -0.25) is 14.4 Å². The standard InChI is InChI=1S/C24H28N6O2.CH2O2/c1-29-17-19(16-27-29)23-14-21(22(15-25)24(26)28-23)18-4-6-20(7-5-18)32-11-3-2-8-30-9-12-31-13-10-30;2-1-3/h4-7,14,16-17H,2-3,8-13H2,1H3,(H2,26,28);1H,(H,2,3). The summed E-state index contributed by atoms with van der Waals surface area (Å²) in [5.41, 5.74) is 9.64. The first-order valence-electron chi connectivity index (χ1n) is 11.4. The largest absolute Gasteiger partial charge is 0.494 e. The molecule has 1 aromatic carbocycles. The monoisotopic (exact) mass is 478 g/mol. The van der Waals surface area contributed by atoms with Gasteiger partial charge in [-0.25, -0.2) is 4.98 Å². The second kappa shape index (κ2) is 13.1. The van der Waals surface area contributed by atoms with Crippen molar-refractivity contribution in [1.29, 1.82) is 5.26 Å². The summed E-state index contributed by atoms with van der Waals surface area (Å²) in [6, 6.07) is 11.8. The van der Waals surface area contributed by atoms with Crippen molar-refractivity contribution in [3.63, 3.8) is 0 Å². The topological polar surface area (TPSA) is 140 Å². The van der Waals surface area contributed by atoms with Crippen LogP contribution >= 0.6 is 0 Å². The first-order valence-corrected chi connectivity index (χ1v) is 11.4. The van der Waals surface area contributed by atoms with Crippen LogP contribution in [0.3, 0.4) is 0 Å². The van der Waals surface area contributed by atoms with E-state index in [1.165, 1.54) is 0 Å². The third-order valence-electron chi connectivity index (χ3n) is 5.57. The molecule has 0 radical (unpaired) electrons. The molecule has 3 aromatic rings. The Bertz CT molecular complexity index is 1130. The number of carbonyl (C=O) groups is 1. The zero-order chi connectivity index (χ0) is 25.0. The molecule has 1 fully saturated rings. The van der Waals surface area contributed by atoms with Gasteiger partial charge in [-0.2, -0.15) is 10.4 Å². The van der Waals surface area contributed by atoms with Crippen LogP contribution < -0.4 is 10.5 Å². The van der Waals surface area contributed by atoms with Gasteiger partial charge < -0.3 is 20.3 Å². The molecule has 0 saturated carbocycles. The van der Waals surface area contributed by atoms with Crippen LogP contribution in [0.5, 0.6) is 5.75 Å². The number of ether oxygens (including phenoxy) is 2. The zero-order valence-electron chi connectivity index (χ0n) is 19.8. The van der Waals surface area contributed by atoms with E-state index in [2.05, 4.69) is 21.1 Å². The molecule has 0 unspecified atom stereocenters. The molecule has 0 bridgehead atoms. The van der Waals surface area contributed by atoms with Crippen molar-refractivity contribution in [3.8, 4) is 34.2 Å². The molecule has 10 heteroatoms. The molecule has 0 aliphatic carbocycles. The molecule has 0 amide bonds. The molecule has 3 heterocycles. The van der Waals surface area contributed by atoms with Crippen molar-refractivity contribution in [2.75, 3.05) is 45.2 Å². The number of nitrogens with zero attached hydrogens (tertiary/aromatic N) is 5. The lowest BCUT2D eigenvalue weighted by atomic mass is 9.99. The van der Waals surface area contributed by atoms with Crippen LogP contribution in [-0.2, 0) is 16.6 Å². The Morgan fingerprint density at radius 3 is 2.57 bits per heavy atom. The maximum absolute atomic E-state index is 9.62. The number of benzene rings is 1. The molecule has 3 N–H and O–H groups in total. The first-order chi connectivity index (χ1) is 17.0. The Labute approximate surface area is 204 Å². The van der Waals surface area contributed by atoms with Crippen LogP contribution in [0.1, 0.15) is 18.4 Å². The molecule has 4 rings (SSSR count). The van der Waals surface area contributed by atoms with Gasteiger partial charge in [0.05, 0.1) is 31.7 Å². The maximum Gasteiger partial charge on any atom is 0.290 e. The molecule has 10 nitrogen and oxygen atoms in total. The Hall–Kier alpha value is -3.94. The van der Waals surface area contributed by atoms with E-state index in [9.17, 15) is 5.26 Å². The first kappa shape index (κ1) is 25.7. The van der Waals surface area contributed by atoms with Crippen molar-refractivity contribution >= 4 is 12.3 Å². The fourth-order valence-electron chi connectivity index (χ4n) is 3.79. The molecule has 35 heavy (non-hydrogen) atoms. The second-order valence-electron chi connectivity index (χ2n) is 7.97. The predicted molar refractivity (Wildman–Crippen MR) is 132 cm³/mol. The van der Waals surface area contributed by atoms with Gasteiger partial charge in [-0.05, 0) is 43.1 Å². The Balaban J connectivity index is 0.00000108. The summed E-state index contributed by atoms with van der Waals surface area (Å²) in [6.45, 7) is 5.24. The van der Waals surface area contributed by atoms with Gasteiger partial charge in [0.15, 0.2) is 0 Å². The average Bonchev–Trinajstić information content (AvgIpc) is 3.31. The van der Waals surface area contributed by atoms with Crippen molar-refractivity contribution in [2.24, 2.45) is 7.05 Å². The van der Waals surface area contributed by atoms with Gasteiger partial charge in [0, 0.05) is 37.5 Å². The Morgan fingerprint density at radius 2 is 1.94 bits per heavy atom. The van der Waals surface area contributed by atoms with E-state index in [0.29, 0.717) is 17.9 Å². The number of nitriles is 1. The van der Waals surface area contributed by atoms with Crippen molar-refractivity contribution in [3.05, 3.63) is 48.3 Å². The summed E-state index contributed by atoms with van der Waals surface area (Å²) in [4.78, 5) is 15.2. The van der Waals surface area contributed by atoms with E-state index in [1.54, 1.807) is 10.9 Å². The minimum atomic E-state index is -0.250. The third-order valence-corrected chi connectivity index (χ3v) is 5.57. The fraction of sp³-hybridized carbons (Fsp3) is 0.360. The highest BCUT2D eigenvalue weighted by molar-refractivity contribution is 5.80. The van der Waals surface area contributed by atoms with Crippen molar-refractivity contribution in [1.82, 2.24) is 19.7 Å². The molecule has 184 valence electrons. The van der Waals surface area contributed by atoms with Gasteiger partial charge >= 0.3 is 0 Å². The fourth-order valence-corrected chi connectivity index (χ4v) is 3.79. The summed E-state index contributed by atoms with van der Waals surface area (Å²) in [5, 5.41) is 20.7. The average molecular weight is 479 g/mol. The molecule has 2 aromatic heterocycles. The van der Waals surface area contributed by atoms with Crippen LogP contribution in [0, 0.1) is 11.3 Å². The summed E-state index contributed by atoms with van der Waals surface area (Å²) >= 11 is 0. The molecule has 1 aliphatic rings. The number of aromatic nitrogens is 3. The maximum atomic E-state index is 9.62. The van der Waals surface area contributed by atoms with Gasteiger partial charge in [0.1, 0.15) is 23.2 Å². The van der Waals surface area contributed by atoms with Gasteiger partial charge in [0.2, 0.25) is 0 Å². The number of aryl methyl sites for hydroxylation is 1. The van der Waals surface area contributed by atoms with Gasteiger partial charge in [-0.15, -0.1) is 0 Å². The summed E-state index contributed by atoms with van der Waals surface area (Å²) < 4.78 is 13.0. The van der Waals surface area contributed by atoms with Crippen LogP contribution in [-0.4, -0.2) is 70.7 Å². The zero-order valence-corrected chi connectivity index (χ0v) is 19.8. The highest BCUT2D eigenvalue weighted by Crippen LogP contribution is 2.32. The number of nitrogens with two attached hydrogens (primary N) is 1. The number of rotatable bonds is 8. The van der Waals surface area contributed by atoms with Crippen LogP contribution in [0.15, 0.2) is 42.7 Å². The predicted octanol–water partition coefficient (Wildman–Crippen LogP) is 2.79. The smallest absolute Gasteiger partial charge is 0.290 e. The van der Waals surface area contributed by atoms with Crippen LogP contribution in [0.25, 0.3) is 22.4 Å². The molecular formula is C25H30N6O4. The lowest BCUT2D eigenvalue weighted by molar-refractivity contribution is -0.122. The van der Waals surface area contributed by atoms with Gasteiger partial charge in [-0.1, -0.05) is 12.1 Å². The number of nitrogen functional groups attached to an aromatic ring is 1. The van der Waals surface area contributed by atoms with E-state index in [-0.39, 0.29) is 12.3 Å². The SMILES string of the molecule is Cn1cc(-c2cc(-c3ccc(OCCCCN4CCOCC4)cc3)c(C#N)c(N)n2)cn1.O=CO. The molecular weight excluding hydrogens is 448 g/mol. The molecule has 0 atom stereocenters. The quantitative estimate of drug-likeness (QED) is 0.369. The van der Waals surface area contributed by atoms with E-state index < -0.39 is 0 Å². The molecule has 1 aliphatic heterocycles. The number of anilines is 1. The number of carboxylic acid groups (broad SMARTS) is 1. The highest BCUT2D eigenvalue weighted by Gasteiger charge is 2.14. The normalized spacial score (nSPS) is 13.4. The Morgan fingerprint density at radius 1 is 1.23 bits per heavy atom. The van der Waals surface area contributed by atoms with Crippen molar-refractivity contribution in [2.45, 2.75) is 12.8 Å². The summed E-state index contributed by atoms with van der Waals surface area (Å²) in [5.74, 6) is 1.03. The minimum Gasteiger partial charge on any atom is -0.494 e. The highest BCUT2D eigenvalue weighted by atomic mass is 16.5. The van der Waals surface area contributed by atoms with Crippen LogP contribution in [0.2, 0.25) is 0 Å². The van der Waals surface area contributed by atoms with E-state index in [4.69, 9.17) is 25.1 Å².